The fraction of sp³-hybridized carbons (Fsp3) is 0.429. The molecule has 1 aromatic heterocycles. The normalized spacial score (nSPS) is 22.8. The summed E-state index contributed by atoms with van der Waals surface area (Å²) in [5.74, 6) is 1.38. The molecule has 1 saturated heterocycles. The van der Waals surface area contributed by atoms with Crippen molar-refractivity contribution >= 4 is 22.7 Å². The van der Waals surface area contributed by atoms with Gasteiger partial charge in [-0.05, 0) is 36.6 Å². The first kappa shape index (κ1) is 22.0. The van der Waals surface area contributed by atoms with Crippen molar-refractivity contribution in [3.63, 3.8) is 0 Å². The van der Waals surface area contributed by atoms with Gasteiger partial charge in [0, 0.05) is 40.7 Å². The van der Waals surface area contributed by atoms with E-state index >= 15 is 0 Å². The van der Waals surface area contributed by atoms with E-state index in [4.69, 9.17) is 9.47 Å². The number of fused-ring (bicyclic) bond motifs is 4. The number of carbonyl (C=O) groups excluding carboxylic acids is 2. The van der Waals surface area contributed by atoms with Gasteiger partial charge < -0.3 is 24.3 Å². The molecule has 2 fully saturated rings. The zero-order chi connectivity index (χ0) is 24.1. The second-order valence-electron chi connectivity index (χ2n) is 9.85. The third-order valence-electron chi connectivity index (χ3n) is 8.04. The number of nitrogens with zero attached hydrogens (tertiary/aromatic N) is 2. The number of aromatic amines is 1. The van der Waals surface area contributed by atoms with E-state index in [9.17, 15) is 9.59 Å². The number of hydrogen-bond donors (Lipinski definition) is 1. The number of benzene rings is 2. The fourth-order valence-corrected chi connectivity index (χ4v) is 6.36. The number of H-pyrrole nitrogens is 1. The SMILES string of the molecule is COc1ccc(C2c3[nH]c4ccccc4c3CC3C(=O)N(C4CCCCC4)CC(=O)N32)c(OC)c1. The lowest BCUT2D eigenvalue weighted by Crippen LogP contribution is -2.65. The van der Waals surface area contributed by atoms with E-state index in [-0.39, 0.29) is 24.4 Å². The minimum atomic E-state index is -0.526. The average molecular weight is 474 g/mol. The van der Waals surface area contributed by atoms with Gasteiger partial charge in [0.05, 0.1) is 14.2 Å². The molecular weight excluding hydrogens is 442 g/mol. The molecule has 7 heteroatoms. The molecule has 3 aromatic rings. The summed E-state index contributed by atoms with van der Waals surface area (Å²) in [4.78, 5) is 35.1. The maximum absolute atomic E-state index is 14.0. The summed E-state index contributed by atoms with van der Waals surface area (Å²) in [5.41, 5.74) is 3.92. The molecule has 0 radical (unpaired) electrons. The van der Waals surface area contributed by atoms with Crippen molar-refractivity contribution in [2.24, 2.45) is 0 Å². The van der Waals surface area contributed by atoms with E-state index in [0.29, 0.717) is 17.9 Å². The monoisotopic (exact) mass is 473 g/mol. The van der Waals surface area contributed by atoms with Crippen molar-refractivity contribution in [3.05, 3.63) is 59.3 Å². The van der Waals surface area contributed by atoms with Gasteiger partial charge in [0.25, 0.3) is 0 Å². The highest BCUT2D eigenvalue weighted by Gasteiger charge is 2.50. The number of nitrogens with one attached hydrogen (secondary N) is 1. The van der Waals surface area contributed by atoms with Crippen molar-refractivity contribution in [1.29, 1.82) is 0 Å². The molecule has 3 aliphatic rings. The number of methoxy groups -OCH3 is 2. The number of hydrogen-bond acceptors (Lipinski definition) is 4. The predicted molar refractivity (Wildman–Crippen MR) is 133 cm³/mol. The third kappa shape index (κ3) is 3.48. The molecule has 3 heterocycles. The van der Waals surface area contributed by atoms with Gasteiger partial charge in [0.15, 0.2) is 0 Å². The van der Waals surface area contributed by atoms with Gasteiger partial charge >= 0.3 is 0 Å². The molecule has 6 rings (SSSR count). The van der Waals surface area contributed by atoms with Crippen LogP contribution in [0.5, 0.6) is 11.5 Å². The molecule has 0 bridgehead atoms. The summed E-state index contributed by atoms with van der Waals surface area (Å²) in [6.45, 7) is 0.143. The first-order chi connectivity index (χ1) is 17.1. The van der Waals surface area contributed by atoms with Crippen LogP contribution in [0.1, 0.15) is 55.0 Å². The molecule has 2 aromatic carbocycles. The summed E-state index contributed by atoms with van der Waals surface area (Å²) < 4.78 is 11.2. The van der Waals surface area contributed by atoms with Crippen LogP contribution in [0.25, 0.3) is 10.9 Å². The van der Waals surface area contributed by atoms with E-state index in [1.807, 2.05) is 46.2 Å². The van der Waals surface area contributed by atoms with Crippen LogP contribution in [0.2, 0.25) is 0 Å². The lowest BCUT2D eigenvalue weighted by molar-refractivity contribution is -0.161. The Bertz CT molecular complexity index is 1290. The molecule has 35 heavy (non-hydrogen) atoms. The van der Waals surface area contributed by atoms with Gasteiger partial charge in [0.1, 0.15) is 30.1 Å². The lowest BCUT2D eigenvalue weighted by Gasteiger charge is -2.49. The molecule has 2 atom stereocenters. The Labute approximate surface area is 205 Å². The molecule has 2 amide bonds. The van der Waals surface area contributed by atoms with E-state index in [2.05, 4.69) is 11.1 Å². The summed E-state index contributed by atoms with van der Waals surface area (Å²) in [5, 5.41) is 1.11. The first-order valence-electron chi connectivity index (χ1n) is 12.5. The van der Waals surface area contributed by atoms with Crippen LogP contribution in [0.15, 0.2) is 42.5 Å². The molecule has 182 valence electrons. The van der Waals surface area contributed by atoms with Crippen molar-refractivity contribution in [3.8, 4) is 11.5 Å². The van der Waals surface area contributed by atoms with Gasteiger partial charge in [-0.15, -0.1) is 0 Å². The van der Waals surface area contributed by atoms with E-state index in [1.54, 1.807) is 14.2 Å². The lowest BCUT2D eigenvalue weighted by atomic mass is 9.84. The zero-order valence-electron chi connectivity index (χ0n) is 20.3. The molecule has 0 spiro atoms. The Morgan fingerprint density at radius 1 is 0.971 bits per heavy atom. The van der Waals surface area contributed by atoms with Crippen LogP contribution < -0.4 is 9.47 Å². The summed E-state index contributed by atoms with van der Waals surface area (Å²) in [7, 11) is 3.24. The van der Waals surface area contributed by atoms with Crippen LogP contribution in [0.3, 0.4) is 0 Å². The summed E-state index contributed by atoms with van der Waals surface area (Å²) in [6, 6.07) is 13.0. The highest BCUT2D eigenvalue weighted by molar-refractivity contribution is 5.98. The quantitative estimate of drug-likeness (QED) is 0.616. The standard InChI is InChI=1S/C28H31N3O4/c1-34-18-12-13-20(24(14-18)35-2)27-26-21(19-10-6-7-11-22(19)29-26)15-23-28(33)30(16-25(32)31(23)27)17-8-4-3-5-9-17/h6-7,10-14,17,23,27,29H,3-5,8-9,15-16H2,1-2H3. The third-order valence-corrected chi connectivity index (χ3v) is 8.04. The predicted octanol–water partition coefficient (Wildman–Crippen LogP) is 4.20. The number of rotatable bonds is 4. The highest BCUT2D eigenvalue weighted by atomic mass is 16.5. The molecule has 1 aliphatic carbocycles. The van der Waals surface area contributed by atoms with Crippen molar-refractivity contribution < 1.29 is 19.1 Å². The number of para-hydroxylation sites is 1. The average Bonchev–Trinajstić information content (AvgIpc) is 3.28. The molecular formula is C28H31N3O4. The first-order valence-corrected chi connectivity index (χ1v) is 12.5. The summed E-state index contributed by atoms with van der Waals surface area (Å²) in [6.07, 6.45) is 5.94. The molecule has 1 saturated carbocycles. The van der Waals surface area contributed by atoms with Crippen LogP contribution in [0.4, 0.5) is 0 Å². The van der Waals surface area contributed by atoms with Gasteiger partial charge in [-0.2, -0.15) is 0 Å². The van der Waals surface area contributed by atoms with Crippen LogP contribution in [0, 0.1) is 0 Å². The number of aromatic nitrogens is 1. The molecule has 1 N–H and O–H groups in total. The van der Waals surface area contributed by atoms with Crippen LogP contribution in [-0.4, -0.2) is 59.4 Å². The van der Waals surface area contributed by atoms with Crippen molar-refractivity contribution in [2.75, 3.05) is 20.8 Å². The van der Waals surface area contributed by atoms with E-state index < -0.39 is 12.1 Å². The Morgan fingerprint density at radius 2 is 1.77 bits per heavy atom. The molecule has 2 unspecified atom stereocenters. The van der Waals surface area contributed by atoms with Gasteiger partial charge in [-0.25, -0.2) is 0 Å². The molecule has 7 nitrogen and oxygen atoms in total. The maximum Gasteiger partial charge on any atom is 0.246 e. The van der Waals surface area contributed by atoms with Gasteiger partial charge in [-0.3, -0.25) is 9.59 Å². The number of carbonyl (C=O) groups is 2. The topological polar surface area (TPSA) is 74.9 Å². The Hall–Kier alpha value is -3.48. The Morgan fingerprint density at radius 3 is 2.54 bits per heavy atom. The van der Waals surface area contributed by atoms with Crippen LogP contribution in [-0.2, 0) is 16.0 Å². The summed E-state index contributed by atoms with van der Waals surface area (Å²) >= 11 is 0. The second kappa shape index (κ2) is 8.63. The van der Waals surface area contributed by atoms with Gasteiger partial charge in [-0.1, -0.05) is 37.5 Å². The van der Waals surface area contributed by atoms with Crippen molar-refractivity contribution in [2.45, 2.75) is 56.7 Å². The molecule has 2 aliphatic heterocycles. The minimum Gasteiger partial charge on any atom is -0.497 e. The highest BCUT2D eigenvalue weighted by Crippen LogP contribution is 2.46. The number of ether oxygens (including phenoxy) is 2. The largest absolute Gasteiger partial charge is 0.497 e. The second-order valence-corrected chi connectivity index (χ2v) is 9.85. The van der Waals surface area contributed by atoms with E-state index in [0.717, 1.165) is 53.4 Å². The van der Waals surface area contributed by atoms with Gasteiger partial charge in [0.2, 0.25) is 11.8 Å². The maximum atomic E-state index is 14.0. The smallest absolute Gasteiger partial charge is 0.246 e. The van der Waals surface area contributed by atoms with Crippen molar-refractivity contribution in [1.82, 2.24) is 14.8 Å². The number of piperazine rings is 1. The van der Waals surface area contributed by atoms with Crippen LogP contribution >= 0.6 is 0 Å². The Kier molecular flexibility index (Phi) is 5.43. The fourth-order valence-electron chi connectivity index (χ4n) is 6.36. The zero-order valence-corrected chi connectivity index (χ0v) is 20.3. The Balaban J connectivity index is 1.51. The van der Waals surface area contributed by atoms with E-state index in [1.165, 1.54) is 6.42 Å². The minimum absolute atomic E-state index is 0.00708. The number of amides is 2.